The van der Waals surface area contributed by atoms with E-state index in [1.54, 1.807) is 0 Å². The van der Waals surface area contributed by atoms with E-state index >= 15 is 0 Å². The van der Waals surface area contributed by atoms with Gasteiger partial charge in [0.2, 0.25) is 0 Å². The van der Waals surface area contributed by atoms with Gasteiger partial charge in [0.15, 0.2) is 0 Å². The van der Waals surface area contributed by atoms with Crippen LogP contribution in [-0.2, 0) is 0 Å². The van der Waals surface area contributed by atoms with Crippen LogP contribution in [0.3, 0.4) is 0 Å². The number of nitrogens with zero attached hydrogens (tertiary/aromatic N) is 1. The van der Waals surface area contributed by atoms with Crippen LogP contribution in [0.15, 0.2) is 0 Å². The van der Waals surface area contributed by atoms with E-state index in [1.807, 2.05) is 0 Å². The summed E-state index contributed by atoms with van der Waals surface area (Å²) in [7, 11) is 0. The van der Waals surface area contributed by atoms with Gasteiger partial charge in [0.05, 0.1) is 13.3 Å². The van der Waals surface area contributed by atoms with Crippen molar-refractivity contribution >= 4 is 0 Å². The van der Waals surface area contributed by atoms with Gasteiger partial charge < -0.3 is 0 Å². The third-order valence-electron chi connectivity index (χ3n) is 2.09. The van der Waals surface area contributed by atoms with Crippen LogP contribution in [0.5, 0.6) is 0 Å². The molecule has 2 fully saturated rings. The van der Waals surface area contributed by atoms with Gasteiger partial charge in [-0.1, -0.05) is 0 Å². The second-order valence-electron chi connectivity index (χ2n) is 3.00. The molecule has 2 saturated heterocycles. The molecule has 2 aliphatic rings. The minimum Gasteiger partial charge on any atom is -0.292 e. The Morgan fingerprint density at radius 3 is 2.17 bits per heavy atom. The zero-order valence-electron chi connectivity index (χ0n) is 7.06. The van der Waals surface area contributed by atoms with Gasteiger partial charge in [-0.05, 0) is 0 Å². The van der Waals surface area contributed by atoms with Gasteiger partial charge in [-0.2, -0.15) is 0 Å². The Morgan fingerprint density at radius 2 is 1.50 bits per heavy atom. The van der Waals surface area contributed by atoms with Crippen molar-refractivity contribution < 1.29 is 0 Å². The van der Waals surface area contributed by atoms with Crippen LogP contribution < -0.4 is 26.6 Å². The van der Waals surface area contributed by atoms with Gasteiger partial charge in [0.1, 0.15) is 6.29 Å². The zero-order valence-corrected chi connectivity index (χ0v) is 7.06. The van der Waals surface area contributed by atoms with E-state index in [2.05, 4.69) is 31.5 Å². The van der Waals surface area contributed by atoms with E-state index in [4.69, 9.17) is 0 Å². The molecule has 5 N–H and O–H groups in total. The Bertz CT molecular complexity index is 112. The highest BCUT2D eigenvalue weighted by atomic mass is 15.5. The molecule has 6 heteroatoms. The van der Waals surface area contributed by atoms with E-state index < -0.39 is 0 Å². The maximum Gasteiger partial charge on any atom is 0.118 e. The molecule has 0 aromatic heterocycles. The van der Waals surface area contributed by atoms with Crippen molar-refractivity contribution in [2.75, 3.05) is 33.3 Å². The summed E-state index contributed by atoms with van der Waals surface area (Å²) in [4.78, 5) is 2.27. The molecule has 0 aromatic carbocycles. The minimum absolute atomic E-state index is 0.284. The molecule has 0 spiro atoms. The van der Waals surface area contributed by atoms with Crippen molar-refractivity contribution in [1.29, 1.82) is 0 Å². The third-order valence-corrected chi connectivity index (χ3v) is 2.09. The van der Waals surface area contributed by atoms with Crippen molar-refractivity contribution in [3.8, 4) is 0 Å². The zero-order chi connectivity index (χ0) is 8.23. The highest BCUT2D eigenvalue weighted by Gasteiger charge is 2.20. The van der Waals surface area contributed by atoms with Gasteiger partial charge in [-0.25, -0.2) is 4.90 Å². The molecule has 2 rings (SSSR count). The van der Waals surface area contributed by atoms with Crippen LogP contribution in [-0.4, -0.2) is 44.5 Å². The normalized spacial score (nSPS) is 29.0. The van der Waals surface area contributed by atoms with Crippen molar-refractivity contribution in [3.05, 3.63) is 0 Å². The van der Waals surface area contributed by atoms with Crippen molar-refractivity contribution in [2.24, 2.45) is 0 Å². The van der Waals surface area contributed by atoms with Crippen molar-refractivity contribution in [1.82, 2.24) is 31.5 Å². The summed E-state index contributed by atoms with van der Waals surface area (Å²) in [6, 6.07) is 0. The summed E-state index contributed by atoms with van der Waals surface area (Å²) in [5.41, 5.74) is 0. The quantitative estimate of drug-likeness (QED) is 0.297. The fourth-order valence-corrected chi connectivity index (χ4v) is 1.46. The van der Waals surface area contributed by atoms with Gasteiger partial charge in [0.25, 0.3) is 0 Å². The van der Waals surface area contributed by atoms with Gasteiger partial charge in [-0.3, -0.25) is 26.6 Å². The van der Waals surface area contributed by atoms with Crippen LogP contribution in [0.2, 0.25) is 0 Å². The van der Waals surface area contributed by atoms with Crippen LogP contribution in [0.4, 0.5) is 0 Å². The first-order valence-corrected chi connectivity index (χ1v) is 4.30. The SMILES string of the molecule is C1NCN(C2NCNCN2)CN1. The minimum atomic E-state index is 0.284. The van der Waals surface area contributed by atoms with Crippen molar-refractivity contribution in [2.45, 2.75) is 6.29 Å². The van der Waals surface area contributed by atoms with Crippen LogP contribution >= 0.6 is 0 Å². The summed E-state index contributed by atoms with van der Waals surface area (Å²) < 4.78 is 0. The summed E-state index contributed by atoms with van der Waals surface area (Å²) >= 11 is 0. The lowest BCUT2D eigenvalue weighted by Crippen LogP contribution is -2.67. The first-order valence-electron chi connectivity index (χ1n) is 4.30. The van der Waals surface area contributed by atoms with Crippen LogP contribution in [0.1, 0.15) is 0 Å². The molecule has 2 aliphatic heterocycles. The highest BCUT2D eigenvalue weighted by Crippen LogP contribution is 1.93. The molecule has 0 aromatic rings. The van der Waals surface area contributed by atoms with Crippen molar-refractivity contribution in [3.63, 3.8) is 0 Å². The maximum absolute atomic E-state index is 3.31. The number of hydrogen-bond acceptors (Lipinski definition) is 6. The van der Waals surface area contributed by atoms with Gasteiger partial charge >= 0.3 is 0 Å². The summed E-state index contributed by atoms with van der Waals surface area (Å²) in [5, 5.41) is 16.3. The Kier molecular flexibility index (Phi) is 2.88. The second-order valence-corrected chi connectivity index (χ2v) is 3.00. The Morgan fingerprint density at radius 1 is 0.833 bits per heavy atom. The first kappa shape index (κ1) is 8.36. The average Bonchev–Trinajstić information content (AvgIpc) is 2.21. The van der Waals surface area contributed by atoms with Gasteiger partial charge in [0, 0.05) is 20.0 Å². The van der Waals surface area contributed by atoms with E-state index in [-0.39, 0.29) is 6.29 Å². The van der Waals surface area contributed by atoms with E-state index in [9.17, 15) is 0 Å². The Labute approximate surface area is 72.1 Å². The standard InChI is InChI=1S/C6H16N6/c1-8-4-12(5-9-1)6-10-2-7-3-11-6/h6-11H,1-5H2. The smallest absolute Gasteiger partial charge is 0.118 e. The third kappa shape index (κ3) is 1.92. The first-order chi connectivity index (χ1) is 5.97. The van der Waals surface area contributed by atoms with E-state index in [0.29, 0.717) is 0 Å². The van der Waals surface area contributed by atoms with Crippen LogP contribution in [0.25, 0.3) is 0 Å². The fraction of sp³-hybridized carbons (Fsp3) is 1.00. The second kappa shape index (κ2) is 4.13. The highest BCUT2D eigenvalue weighted by molar-refractivity contribution is 4.71. The number of rotatable bonds is 1. The molecule has 70 valence electrons. The Hall–Kier alpha value is -0.240. The average molecular weight is 172 g/mol. The molecular formula is C6H16N6. The predicted molar refractivity (Wildman–Crippen MR) is 45.6 cm³/mol. The molecule has 0 amide bonds. The molecular weight excluding hydrogens is 156 g/mol. The Balaban J connectivity index is 1.80. The molecule has 0 radical (unpaired) electrons. The lowest BCUT2D eigenvalue weighted by atomic mass is 10.5. The molecule has 0 bridgehead atoms. The summed E-state index contributed by atoms with van der Waals surface area (Å²) in [6.07, 6.45) is 0.284. The molecule has 0 aliphatic carbocycles. The lowest BCUT2D eigenvalue weighted by Gasteiger charge is -2.38. The molecule has 0 atom stereocenters. The lowest BCUT2D eigenvalue weighted by molar-refractivity contribution is 0.0715. The topological polar surface area (TPSA) is 63.4 Å². The molecule has 12 heavy (non-hydrogen) atoms. The fourth-order valence-electron chi connectivity index (χ4n) is 1.46. The summed E-state index contributed by atoms with van der Waals surface area (Å²) in [6.45, 7) is 4.50. The molecule has 0 saturated carbocycles. The van der Waals surface area contributed by atoms with Gasteiger partial charge in [-0.15, -0.1) is 0 Å². The predicted octanol–water partition coefficient (Wildman–Crippen LogP) is -2.67. The van der Waals surface area contributed by atoms with E-state index in [0.717, 1.165) is 33.3 Å². The number of hydrogen-bond donors (Lipinski definition) is 5. The van der Waals surface area contributed by atoms with E-state index in [1.165, 1.54) is 0 Å². The maximum atomic E-state index is 3.31. The summed E-state index contributed by atoms with van der Waals surface area (Å²) in [5.74, 6) is 0. The number of nitrogens with one attached hydrogen (secondary N) is 5. The van der Waals surface area contributed by atoms with Crippen LogP contribution in [0, 0.1) is 0 Å². The molecule has 6 nitrogen and oxygen atoms in total. The molecule has 2 heterocycles. The molecule has 0 unspecified atom stereocenters. The monoisotopic (exact) mass is 172 g/mol. The largest absolute Gasteiger partial charge is 0.292 e.